The van der Waals surface area contributed by atoms with Crippen molar-refractivity contribution in [3.8, 4) is 5.75 Å². The smallest absolute Gasteiger partial charge is 0.243 e. The normalized spacial score (nSPS) is 31.2. The monoisotopic (exact) mass is 379 g/mol. The van der Waals surface area contributed by atoms with Crippen LogP contribution in [0.15, 0.2) is 29.2 Å². The van der Waals surface area contributed by atoms with Gasteiger partial charge in [-0.15, -0.1) is 0 Å². The lowest BCUT2D eigenvalue weighted by Crippen LogP contribution is -2.46. The molecule has 144 valence electrons. The first kappa shape index (κ1) is 18.2. The minimum atomic E-state index is -3.42. The fraction of sp³-hybridized carbons (Fsp3) is 0.684. The molecule has 4 rings (SSSR count). The first-order valence-electron chi connectivity index (χ1n) is 9.63. The van der Waals surface area contributed by atoms with Crippen LogP contribution in [0.2, 0.25) is 0 Å². The van der Waals surface area contributed by atoms with Crippen LogP contribution < -0.4 is 10.5 Å². The van der Waals surface area contributed by atoms with E-state index in [0.29, 0.717) is 41.7 Å². The number of hydrogen-bond acceptors (Lipinski definition) is 5. The van der Waals surface area contributed by atoms with Gasteiger partial charge in [0.2, 0.25) is 10.0 Å². The second kappa shape index (κ2) is 7.11. The maximum Gasteiger partial charge on any atom is 0.243 e. The Bertz CT molecular complexity index is 729. The maximum atomic E-state index is 12.9. The van der Waals surface area contributed by atoms with Crippen LogP contribution >= 0.6 is 0 Å². The molecule has 2 saturated heterocycles. The zero-order valence-electron chi connectivity index (χ0n) is 15.4. The highest BCUT2D eigenvalue weighted by molar-refractivity contribution is 7.89. The standard InChI is InChI=1S/C19H29N3O3S/c1-25-16-3-5-17(6-4-16)26(23,24)22-10-8-15(9-11-22)21-12-14-2-7-19(20)18(14)13-21/h3-6,14-15,18-19H,2,7-13,20H2,1H3/t14-,18-,19+/m0/s1. The predicted molar refractivity (Wildman–Crippen MR) is 101 cm³/mol. The molecule has 0 aromatic heterocycles. The number of ether oxygens (including phenoxy) is 1. The summed E-state index contributed by atoms with van der Waals surface area (Å²) in [7, 11) is -1.84. The van der Waals surface area contributed by atoms with Crippen molar-refractivity contribution in [2.75, 3.05) is 33.3 Å². The molecule has 6 nitrogen and oxygen atoms in total. The number of nitrogens with two attached hydrogens (primary N) is 1. The van der Waals surface area contributed by atoms with E-state index in [9.17, 15) is 8.42 Å². The van der Waals surface area contributed by atoms with Crippen LogP contribution in [0.5, 0.6) is 5.75 Å². The van der Waals surface area contributed by atoms with Gasteiger partial charge in [-0.1, -0.05) is 0 Å². The van der Waals surface area contributed by atoms with Crippen LogP contribution in [-0.2, 0) is 10.0 Å². The van der Waals surface area contributed by atoms with Gasteiger partial charge in [0, 0.05) is 38.3 Å². The first-order chi connectivity index (χ1) is 12.5. The third kappa shape index (κ3) is 3.26. The van der Waals surface area contributed by atoms with E-state index < -0.39 is 10.0 Å². The largest absolute Gasteiger partial charge is 0.497 e. The number of sulfonamides is 1. The Morgan fingerprint density at radius 1 is 1.04 bits per heavy atom. The molecule has 1 saturated carbocycles. The number of benzene rings is 1. The molecule has 1 aliphatic carbocycles. The molecule has 2 aliphatic heterocycles. The molecule has 3 aliphatic rings. The van der Waals surface area contributed by atoms with Crippen LogP contribution in [-0.4, -0.2) is 63.0 Å². The molecule has 1 aromatic rings. The number of hydrogen-bond donors (Lipinski definition) is 1. The molecule has 0 unspecified atom stereocenters. The number of nitrogens with zero attached hydrogens (tertiary/aromatic N) is 2. The second-order valence-electron chi connectivity index (χ2n) is 7.93. The van der Waals surface area contributed by atoms with Crippen LogP contribution in [0.1, 0.15) is 25.7 Å². The van der Waals surface area contributed by atoms with Gasteiger partial charge >= 0.3 is 0 Å². The lowest BCUT2D eigenvalue weighted by atomic mass is 9.98. The SMILES string of the molecule is COc1ccc(S(=O)(=O)N2CCC(N3C[C@@H]4CC[C@@H](N)[C@H]4C3)CC2)cc1. The number of fused-ring (bicyclic) bond motifs is 1. The van der Waals surface area contributed by atoms with Crippen LogP contribution in [0.4, 0.5) is 0 Å². The zero-order valence-corrected chi connectivity index (χ0v) is 16.2. The topological polar surface area (TPSA) is 75.9 Å². The minimum absolute atomic E-state index is 0.346. The van der Waals surface area contributed by atoms with E-state index in [4.69, 9.17) is 10.5 Å². The van der Waals surface area contributed by atoms with Crippen molar-refractivity contribution in [3.63, 3.8) is 0 Å². The number of likely N-dealkylation sites (tertiary alicyclic amines) is 1. The van der Waals surface area contributed by atoms with E-state index in [1.807, 2.05) is 0 Å². The molecule has 2 N–H and O–H groups in total. The van der Waals surface area contributed by atoms with Crippen molar-refractivity contribution >= 4 is 10.0 Å². The Morgan fingerprint density at radius 3 is 2.35 bits per heavy atom. The van der Waals surface area contributed by atoms with Gasteiger partial charge < -0.3 is 10.5 Å². The van der Waals surface area contributed by atoms with E-state index in [1.54, 1.807) is 35.7 Å². The predicted octanol–water partition coefficient (Wildman–Crippen LogP) is 1.52. The fourth-order valence-electron chi connectivity index (χ4n) is 4.98. The molecule has 2 heterocycles. The summed E-state index contributed by atoms with van der Waals surface area (Å²) < 4.78 is 32.5. The van der Waals surface area contributed by atoms with Crippen molar-refractivity contribution in [3.05, 3.63) is 24.3 Å². The van der Waals surface area contributed by atoms with Gasteiger partial charge in [0.05, 0.1) is 12.0 Å². The Hall–Kier alpha value is -1.15. The summed E-state index contributed by atoms with van der Waals surface area (Å²) in [4.78, 5) is 2.92. The third-order valence-electron chi connectivity index (χ3n) is 6.58. The molecule has 1 aromatic carbocycles. The lowest BCUT2D eigenvalue weighted by molar-refractivity contribution is 0.156. The summed E-state index contributed by atoms with van der Waals surface area (Å²) in [5.41, 5.74) is 6.25. The van der Waals surface area contributed by atoms with Gasteiger partial charge in [0.15, 0.2) is 0 Å². The van der Waals surface area contributed by atoms with Gasteiger partial charge in [0.1, 0.15) is 5.75 Å². The molecule has 0 bridgehead atoms. The molecule has 0 radical (unpaired) electrons. The molecule has 0 amide bonds. The number of methoxy groups -OCH3 is 1. The molecule has 3 fully saturated rings. The Morgan fingerprint density at radius 2 is 1.73 bits per heavy atom. The van der Waals surface area contributed by atoms with Crippen molar-refractivity contribution in [2.45, 2.75) is 42.7 Å². The quantitative estimate of drug-likeness (QED) is 0.858. The van der Waals surface area contributed by atoms with E-state index in [-0.39, 0.29) is 0 Å². The highest BCUT2D eigenvalue weighted by Crippen LogP contribution is 2.39. The summed E-state index contributed by atoms with van der Waals surface area (Å²) in [5, 5.41) is 0. The second-order valence-corrected chi connectivity index (χ2v) is 9.87. The van der Waals surface area contributed by atoms with E-state index in [2.05, 4.69) is 4.90 Å². The molecular weight excluding hydrogens is 350 g/mol. The van der Waals surface area contributed by atoms with Crippen molar-refractivity contribution in [1.29, 1.82) is 0 Å². The Balaban J connectivity index is 1.37. The van der Waals surface area contributed by atoms with Gasteiger partial charge in [-0.25, -0.2) is 8.42 Å². The van der Waals surface area contributed by atoms with Gasteiger partial charge in [-0.05, 0) is 61.8 Å². The van der Waals surface area contributed by atoms with Gasteiger partial charge in [0.25, 0.3) is 0 Å². The zero-order chi connectivity index (χ0) is 18.3. The average Bonchev–Trinajstić information content (AvgIpc) is 3.24. The highest BCUT2D eigenvalue weighted by Gasteiger charge is 2.43. The highest BCUT2D eigenvalue weighted by atomic mass is 32.2. The maximum absolute atomic E-state index is 12.9. The Kier molecular flexibility index (Phi) is 4.98. The third-order valence-corrected chi connectivity index (χ3v) is 8.49. The van der Waals surface area contributed by atoms with Gasteiger partial charge in [-0.3, -0.25) is 4.90 Å². The molecule has 3 atom stereocenters. The average molecular weight is 380 g/mol. The summed E-state index contributed by atoms with van der Waals surface area (Å²) >= 11 is 0. The summed E-state index contributed by atoms with van der Waals surface area (Å²) in [6, 6.07) is 7.51. The summed E-state index contributed by atoms with van der Waals surface area (Å²) in [5.74, 6) is 2.07. The fourth-order valence-corrected chi connectivity index (χ4v) is 6.45. The van der Waals surface area contributed by atoms with E-state index >= 15 is 0 Å². The van der Waals surface area contributed by atoms with Crippen molar-refractivity contribution in [2.24, 2.45) is 17.6 Å². The number of rotatable bonds is 4. The molecule has 0 spiro atoms. The minimum Gasteiger partial charge on any atom is -0.497 e. The van der Waals surface area contributed by atoms with Crippen LogP contribution in [0, 0.1) is 11.8 Å². The summed E-state index contributed by atoms with van der Waals surface area (Å²) in [6.45, 7) is 3.43. The lowest BCUT2D eigenvalue weighted by Gasteiger charge is -2.36. The van der Waals surface area contributed by atoms with Crippen LogP contribution in [0.25, 0.3) is 0 Å². The molecule has 7 heteroatoms. The van der Waals surface area contributed by atoms with Crippen molar-refractivity contribution < 1.29 is 13.2 Å². The van der Waals surface area contributed by atoms with Crippen molar-refractivity contribution in [1.82, 2.24) is 9.21 Å². The molecule has 26 heavy (non-hydrogen) atoms. The molecular formula is C19H29N3O3S. The van der Waals surface area contributed by atoms with Gasteiger partial charge in [-0.2, -0.15) is 4.31 Å². The number of piperidine rings is 1. The first-order valence-corrected chi connectivity index (χ1v) is 11.1. The summed E-state index contributed by atoms with van der Waals surface area (Å²) in [6.07, 6.45) is 4.24. The van der Waals surface area contributed by atoms with E-state index in [0.717, 1.165) is 31.8 Å². The Labute approximate surface area is 156 Å². The van der Waals surface area contributed by atoms with Crippen LogP contribution in [0.3, 0.4) is 0 Å². The van der Waals surface area contributed by atoms with E-state index in [1.165, 1.54) is 12.8 Å².